The number of nitrogens with zero attached hydrogens (tertiary/aromatic N) is 4. The maximum atomic E-state index is 6.04. The van der Waals surface area contributed by atoms with Crippen LogP contribution in [0.1, 0.15) is 24.8 Å². The Morgan fingerprint density at radius 3 is 2.65 bits per heavy atom. The molecule has 0 spiro atoms. The highest BCUT2D eigenvalue weighted by Gasteiger charge is 2.33. The zero-order valence-electron chi connectivity index (χ0n) is 10.2. The number of piperazine rings is 1. The minimum atomic E-state index is -0.0660. The number of hydrogen-bond acceptors (Lipinski definition) is 6. The van der Waals surface area contributed by atoms with Gasteiger partial charge in [-0.2, -0.15) is 4.98 Å². The summed E-state index contributed by atoms with van der Waals surface area (Å²) in [5.41, 5.74) is 6.04. The van der Waals surface area contributed by atoms with Crippen molar-refractivity contribution in [2.24, 2.45) is 11.7 Å². The molecule has 0 radical (unpaired) electrons. The molecule has 1 aromatic rings. The zero-order chi connectivity index (χ0) is 11.8. The van der Waals surface area contributed by atoms with Gasteiger partial charge in [-0.05, 0) is 31.0 Å². The van der Waals surface area contributed by atoms with E-state index in [1.54, 1.807) is 0 Å². The standard InChI is InChI=1S/C11H19N5O/c1-15-4-6-16(7-5-15)11-13-10(17-14-11)9(12)8-2-3-8/h8-9H,2-7,12H2,1H3. The van der Waals surface area contributed by atoms with E-state index in [2.05, 4.69) is 27.0 Å². The Morgan fingerprint density at radius 2 is 2.00 bits per heavy atom. The van der Waals surface area contributed by atoms with Gasteiger partial charge in [-0.3, -0.25) is 0 Å². The van der Waals surface area contributed by atoms with Crippen LogP contribution in [-0.2, 0) is 0 Å². The molecule has 1 aliphatic heterocycles. The Bertz CT molecular complexity index is 381. The molecule has 2 N–H and O–H groups in total. The van der Waals surface area contributed by atoms with Gasteiger partial charge in [-0.1, -0.05) is 0 Å². The summed E-state index contributed by atoms with van der Waals surface area (Å²) >= 11 is 0. The van der Waals surface area contributed by atoms with Gasteiger partial charge >= 0.3 is 0 Å². The van der Waals surface area contributed by atoms with Crippen molar-refractivity contribution in [2.75, 3.05) is 38.1 Å². The van der Waals surface area contributed by atoms with E-state index in [4.69, 9.17) is 10.3 Å². The molecule has 6 heteroatoms. The molecular formula is C11H19N5O. The van der Waals surface area contributed by atoms with Gasteiger partial charge in [0.05, 0.1) is 6.04 Å². The van der Waals surface area contributed by atoms with Crippen molar-refractivity contribution < 1.29 is 4.52 Å². The van der Waals surface area contributed by atoms with Crippen molar-refractivity contribution in [1.82, 2.24) is 15.0 Å². The minimum absolute atomic E-state index is 0.0660. The molecular weight excluding hydrogens is 218 g/mol. The second-order valence-corrected chi connectivity index (χ2v) is 5.09. The molecule has 1 unspecified atom stereocenters. The number of nitrogens with two attached hydrogens (primary N) is 1. The molecule has 1 saturated heterocycles. The Labute approximate surface area is 101 Å². The molecule has 1 aromatic heterocycles. The van der Waals surface area contributed by atoms with Crippen LogP contribution in [0.25, 0.3) is 0 Å². The molecule has 6 nitrogen and oxygen atoms in total. The van der Waals surface area contributed by atoms with Crippen molar-refractivity contribution >= 4 is 5.95 Å². The molecule has 1 saturated carbocycles. The molecule has 2 aliphatic rings. The van der Waals surface area contributed by atoms with Crippen molar-refractivity contribution in [3.05, 3.63) is 5.89 Å². The number of anilines is 1. The van der Waals surface area contributed by atoms with E-state index < -0.39 is 0 Å². The summed E-state index contributed by atoms with van der Waals surface area (Å²) in [5.74, 6) is 1.85. The lowest BCUT2D eigenvalue weighted by Gasteiger charge is -2.31. The molecule has 1 aliphatic carbocycles. The first kappa shape index (κ1) is 11.0. The number of likely N-dealkylation sites (N-methyl/N-ethyl adjacent to an activating group) is 1. The van der Waals surface area contributed by atoms with Gasteiger partial charge in [0.15, 0.2) is 0 Å². The van der Waals surface area contributed by atoms with Gasteiger partial charge in [-0.15, -0.1) is 0 Å². The van der Waals surface area contributed by atoms with E-state index in [9.17, 15) is 0 Å². The Hall–Kier alpha value is -1.14. The summed E-state index contributed by atoms with van der Waals surface area (Å²) < 4.78 is 5.27. The fraction of sp³-hybridized carbons (Fsp3) is 0.818. The van der Waals surface area contributed by atoms with Crippen molar-refractivity contribution in [2.45, 2.75) is 18.9 Å². The number of aromatic nitrogens is 2. The first-order valence-electron chi connectivity index (χ1n) is 6.27. The first-order valence-corrected chi connectivity index (χ1v) is 6.27. The predicted molar refractivity (Wildman–Crippen MR) is 63.7 cm³/mol. The van der Waals surface area contributed by atoms with E-state index in [0.29, 0.717) is 17.8 Å². The van der Waals surface area contributed by atoms with Crippen LogP contribution in [0, 0.1) is 5.92 Å². The monoisotopic (exact) mass is 237 g/mol. The summed E-state index contributed by atoms with van der Waals surface area (Å²) in [6.45, 7) is 3.99. The lowest BCUT2D eigenvalue weighted by Crippen LogP contribution is -2.44. The fourth-order valence-electron chi connectivity index (χ4n) is 2.15. The molecule has 3 rings (SSSR count). The number of rotatable bonds is 3. The van der Waals surface area contributed by atoms with Crippen LogP contribution in [0.5, 0.6) is 0 Å². The summed E-state index contributed by atoms with van der Waals surface area (Å²) in [5, 5.41) is 4.04. The topological polar surface area (TPSA) is 71.4 Å². The quantitative estimate of drug-likeness (QED) is 0.811. The smallest absolute Gasteiger partial charge is 0.266 e. The Kier molecular flexibility index (Phi) is 2.76. The molecule has 0 amide bonds. The maximum absolute atomic E-state index is 6.04. The molecule has 2 fully saturated rings. The lowest BCUT2D eigenvalue weighted by atomic mass is 10.2. The van der Waals surface area contributed by atoms with Crippen molar-refractivity contribution in [1.29, 1.82) is 0 Å². The molecule has 0 bridgehead atoms. The lowest BCUT2D eigenvalue weighted by molar-refractivity contribution is 0.307. The van der Waals surface area contributed by atoms with Crippen LogP contribution in [-0.4, -0.2) is 48.3 Å². The fourth-order valence-corrected chi connectivity index (χ4v) is 2.15. The maximum Gasteiger partial charge on any atom is 0.266 e. The third kappa shape index (κ3) is 2.28. The third-order valence-electron chi connectivity index (χ3n) is 3.63. The minimum Gasteiger partial charge on any atom is -0.336 e. The third-order valence-corrected chi connectivity index (χ3v) is 3.63. The highest BCUT2D eigenvalue weighted by molar-refractivity contribution is 5.29. The van der Waals surface area contributed by atoms with Gasteiger partial charge in [0, 0.05) is 26.2 Å². The second-order valence-electron chi connectivity index (χ2n) is 5.09. The zero-order valence-corrected chi connectivity index (χ0v) is 10.2. The van der Waals surface area contributed by atoms with Gasteiger partial charge in [0.25, 0.3) is 5.95 Å². The van der Waals surface area contributed by atoms with Gasteiger partial charge < -0.3 is 20.1 Å². The SMILES string of the molecule is CN1CCN(c2noc(C(N)C3CC3)n2)CC1. The van der Waals surface area contributed by atoms with Crippen molar-refractivity contribution in [3.8, 4) is 0 Å². The molecule has 94 valence electrons. The van der Waals surface area contributed by atoms with Gasteiger partial charge in [0.1, 0.15) is 0 Å². The molecule has 1 atom stereocenters. The molecule has 0 aromatic carbocycles. The van der Waals surface area contributed by atoms with Crippen LogP contribution >= 0.6 is 0 Å². The van der Waals surface area contributed by atoms with E-state index >= 15 is 0 Å². The van der Waals surface area contributed by atoms with Gasteiger partial charge in [0.2, 0.25) is 5.89 Å². The van der Waals surface area contributed by atoms with Crippen LogP contribution in [0.3, 0.4) is 0 Å². The molecule has 17 heavy (non-hydrogen) atoms. The normalized spacial score (nSPS) is 24.0. The van der Waals surface area contributed by atoms with Crippen molar-refractivity contribution in [3.63, 3.8) is 0 Å². The largest absolute Gasteiger partial charge is 0.336 e. The van der Waals surface area contributed by atoms with E-state index in [-0.39, 0.29) is 6.04 Å². The predicted octanol–water partition coefficient (Wildman–Crippen LogP) is 0.231. The van der Waals surface area contributed by atoms with Gasteiger partial charge in [-0.25, -0.2) is 0 Å². The number of hydrogen-bond donors (Lipinski definition) is 1. The second kappa shape index (κ2) is 4.27. The van der Waals surface area contributed by atoms with Crippen LogP contribution in [0.2, 0.25) is 0 Å². The Balaban J connectivity index is 1.67. The summed E-state index contributed by atoms with van der Waals surface area (Å²) in [7, 11) is 2.13. The summed E-state index contributed by atoms with van der Waals surface area (Å²) in [6, 6.07) is -0.0660. The average Bonchev–Trinajstić information content (AvgIpc) is 3.07. The highest BCUT2D eigenvalue weighted by atomic mass is 16.5. The summed E-state index contributed by atoms with van der Waals surface area (Å²) in [4.78, 5) is 8.88. The average molecular weight is 237 g/mol. The van der Waals surface area contributed by atoms with E-state index in [1.165, 1.54) is 12.8 Å². The summed E-state index contributed by atoms with van der Waals surface area (Å²) in [6.07, 6.45) is 2.38. The van der Waals surface area contributed by atoms with E-state index in [0.717, 1.165) is 26.2 Å². The van der Waals surface area contributed by atoms with Crippen LogP contribution in [0.4, 0.5) is 5.95 Å². The Morgan fingerprint density at radius 1 is 1.29 bits per heavy atom. The first-order chi connectivity index (χ1) is 8.24. The van der Waals surface area contributed by atoms with Crippen LogP contribution in [0.15, 0.2) is 4.52 Å². The molecule has 2 heterocycles. The van der Waals surface area contributed by atoms with Crippen LogP contribution < -0.4 is 10.6 Å². The highest BCUT2D eigenvalue weighted by Crippen LogP contribution is 2.39. The van der Waals surface area contributed by atoms with E-state index in [1.807, 2.05) is 0 Å².